The van der Waals surface area contributed by atoms with Gasteiger partial charge in [0.15, 0.2) is 11.6 Å². The molecule has 0 fully saturated rings. The van der Waals surface area contributed by atoms with Crippen LogP contribution in [0.15, 0.2) is 76.8 Å². The van der Waals surface area contributed by atoms with Gasteiger partial charge in [0.05, 0.1) is 23.7 Å². The topological polar surface area (TPSA) is 47.4 Å². The number of likely N-dealkylation sites (N-methyl/N-ethyl adjacent to an activating group) is 1. The van der Waals surface area contributed by atoms with Gasteiger partial charge in [-0.1, -0.05) is 30.3 Å². The van der Waals surface area contributed by atoms with Crippen LogP contribution in [0.5, 0.6) is 5.75 Å². The fraction of sp³-hybridized carbons (Fsp3) is 0.267. The van der Waals surface area contributed by atoms with Crippen molar-refractivity contribution in [2.24, 2.45) is 0 Å². The van der Waals surface area contributed by atoms with Gasteiger partial charge in [-0.2, -0.15) is 0 Å². The zero-order valence-corrected chi connectivity index (χ0v) is 22.4. The molecule has 0 amide bonds. The molecule has 3 heterocycles. The highest BCUT2D eigenvalue weighted by Gasteiger charge is 2.32. The number of benzene rings is 2. The number of fused-ring (bicyclic) bond motifs is 1. The molecule has 0 saturated carbocycles. The van der Waals surface area contributed by atoms with Crippen LogP contribution >= 0.6 is 11.8 Å². The quantitative estimate of drug-likeness (QED) is 0.267. The van der Waals surface area contributed by atoms with Crippen molar-refractivity contribution in [1.29, 1.82) is 0 Å². The van der Waals surface area contributed by atoms with E-state index < -0.39 is 5.82 Å². The molecular formula is C30H29F2N3O2S. The monoisotopic (exact) mass is 533 g/mol. The molecule has 0 spiro atoms. The minimum Gasteiger partial charge on any atom is -0.494 e. The predicted octanol–water partition coefficient (Wildman–Crippen LogP) is 6.27. The van der Waals surface area contributed by atoms with E-state index in [0.29, 0.717) is 29.8 Å². The second kappa shape index (κ2) is 11.0. The molecule has 1 unspecified atom stereocenters. The molecule has 1 aliphatic rings. The van der Waals surface area contributed by atoms with Gasteiger partial charge in [0.1, 0.15) is 5.82 Å². The number of pyridine rings is 2. The standard InChI is InChI=1S/C30H29F2N3O2S/c1-4-34(21-12-14-33-15-13-21)17-22-18-38-30-24(16-20-8-5-6-10-25(20)31)19(2)27(29(36)35(22)30)23-9-7-11-26(37-3)28(23)32/h5-15,22H,4,16-18H2,1-3H3. The Labute approximate surface area is 225 Å². The van der Waals surface area contributed by atoms with E-state index in [4.69, 9.17) is 4.74 Å². The third-order valence-electron chi connectivity index (χ3n) is 7.13. The summed E-state index contributed by atoms with van der Waals surface area (Å²) in [5.74, 6) is -0.129. The lowest BCUT2D eigenvalue weighted by atomic mass is 9.94. The Balaban J connectivity index is 1.69. The number of rotatable bonds is 8. The maximum Gasteiger partial charge on any atom is 0.260 e. The average molecular weight is 534 g/mol. The smallest absolute Gasteiger partial charge is 0.260 e. The third-order valence-corrected chi connectivity index (χ3v) is 8.40. The first kappa shape index (κ1) is 26.0. The summed E-state index contributed by atoms with van der Waals surface area (Å²) in [5, 5.41) is 0.818. The number of aromatic nitrogens is 2. The number of thioether (sulfide) groups is 1. The highest BCUT2D eigenvalue weighted by Crippen LogP contribution is 2.41. The number of anilines is 1. The fourth-order valence-corrected chi connectivity index (χ4v) is 6.52. The molecule has 38 heavy (non-hydrogen) atoms. The molecular weight excluding hydrogens is 504 g/mol. The Kier molecular flexibility index (Phi) is 7.51. The van der Waals surface area contributed by atoms with Gasteiger partial charge in [-0.25, -0.2) is 8.78 Å². The Morgan fingerprint density at radius 2 is 1.87 bits per heavy atom. The molecule has 2 aromatic carbocycles. The molecule has 0 radical (unpaired) electrons. The molecule has 0 saturated heterocycles. The van der Waals surface area contributed by atoms with E-state index in [0.717, 1.165) is 22.8 Å². The van der Waals surface area contributed by atoms with Crippen molar-refractivity contribution in [2.75, 3.05) is 30.9 Å². The molecule has 0 aliphatic carbocycles. The summed E-state index contributed by atoms with van der Waals surface area (Å²) in [4.78, 5) is 20.5. The molecule has 196 valence electrons. The van der Waals surface area contributed by atoms with E-state index in [1.165, 1.54) is 19.2 Å². The Bertz CT molecular complexity index is 1520. The first-order chi connectivity index (χ1) is 18.4. The largest absolute Gasteiger partial charge is 0.494 e. The highest BCUT2D eigenvalue weighted by atomic mass is 32.2. The van der Waals surface area contributed by atoms with Crippen LogP contribution in [0, 0.1) is 18.6 Å². The normalized spacial score (nSPS) is 14.4. The van der Waals surface area contributed by atoms with Crippen molar-refractivity contribution in [1.82, 2.24) is 9.55 Å². The number of nitrogens with zero attached hydrogens (tertiary/aromatic N) is 3. The summed E-state index contributed by atoms with van der Waals surface area (Å²) in [5.41, 5.74) is 3.28. The van der Waals surface area contributed by atoms with Gasteiger partial charge < -0.3 is 9.64 Å². The lowest BCUT2D eigenvalue weighted by molar-refractivity contribution is 0.387. The van der Waals surface area contributed by atoms with Crippen LogP contribution in [0.1, 0.15) is 29.7 Å². The molecule has 5 nitrogen and oxygen atoms in total. The number of ether oxygens (including phenoxy) is 1. The van der Waals surface area contributed by atoms with Crippen molar-refractivity contribution in [2.45, 2.75) is 31.3 Å². The van der Waals surface area contributed by atoms with E-state index >= 15 is 4.39 Å². The second-order valence-electron chi connectivity index (χ2n) is 9.26. The maximum atomic E-state index is 15.5. The van der Waals surface area contributed by atoms with Crippen molar-refractivity contribution >= 4 is 17.4 Å². The molecule has 2 aromatic heterocycles. The number of hydrogen-bond donors (Lipinski definition) is 0. The maximum absolute atomic E-state index is 15.5. The molecule has 5 rings (SSSR count). The summed E-state index contributed by atoms with van der Waals surface area (Å²) in [6, 6.07) is 15.2. The van der Waals surface area contributed by atoms with Crippen molar-refractivity contribution in [3.05, 3.63) is 106 Å². The molecule has 4 aromatic rings. The van der Waals surface area contributed by atoms with Crippen molar-refractivity contribution in [3.8, 4) is 16.9 Å². The van der Waals surface area contributed by atoms with Crippen molar-refractivity contribution < 1.29 is 13.5 Å². The van der Waals surface area contributed by atoms with E-state index in [1.54, 1.807) is 59.1 Å². The van der Waals surface area contributed by atoms with Crippen LogP contribution in [0.25, 0.3) is 11.1 Å². The van der Waals surface area contributed by atoms with Gasteiger partial charge in [0.2, 0.25) is 0 Å². The Morgan fingerprint density at radius 1 is 1.11 bits per heavy atom. The van der Waals surface area contributed by atoms with Gasteiger partial charge in [-0.3, -0.25) is 14.3 Å². The molecule has 1 aliphatic heterocycles. The summed E-state index contributed by atoms with van der Waals surface area (Å²) in [7, 11) is 1.40. The minimum atomic E-state index is -0.582. The van der Waals surface area contributed by atoms with Crippen LogP contribution in [-0.2, 0) is 6.42 Å². The van der Waals surface area contributed by atoms with Gasteiger partial charge in [-0.05, 0) is 54.8 Å². The first-order valence-corrected chi connectivity index (χ1v) is 13.5. The van der Waals surface area contributed by atoms with Crippen LogP contribution in [0.3, 0.4) is 0 Å². The van der Waals surface area contributed by atoms with Gasteiger partial charge in [-0.15, -0.1) is 11.8 Å². The predicted molar refractivity (Wildman–Crippen MR) is 148 cm³/mol. The lowest BCUT2D eigenvalue weighted by Crippen LogP contribution is -2.36. The van der Waals surface area contributed by atoms with E-state index in [-0.39, 0.29) is 34.3 Å². The number of methoxy groups -OCH3 is 1. The summed E-state index contributed by atoms with van der Waals surface area (Å²) in [6.07, 6.45) is 3.80. The molecule has 1 atom stereocenters. The molecule has 0 bridgehead atoms. The van der Waals surface area contributed by atoms with Crippen LogP contribution in [0.2, 0.25) is 0 Å². The summed E-state index contributed by atoms with van der Waals surface area (Å²) >= 11 is 1.60. The van der Waals surface area contributed by atoms with E-state index in [9.17, 15) is 9.18 Å². The van der Waals surface area contributed by atoms with E-state index in [1.807, 2.05) is 19.1 Å². The van der Waals surface area contributed by atoms with Gasteiger partial charge in [0.25, 0.3) is 5.56 Å². The minimum absolute atomic E-state index is 0.0724. The highest BCUT2D eigenvalue weighted by molar-refractivity contribution is 7.99. The Hall–Kier alpha value is -3.65. The van der Waals surface area contributed by atoms with Crippen LogP contribution in [0.4, 0.5) is 14.5 Å². The second-order valence-corrected chi connectivity index (χ2v) is 10.3. The summed E-state index contributed by atoms with van der Waals surface area (Å²) < 4.78 is 37.3. The lowest BCUT2D eigenvalue weighted by Gasteiger charge is -2.28. The number of hydrogen-bond acceptors (Lipinski definition) is 5. The molecule has 8 heteroatoms. The first-order valence-electron chi connectivity index (χ1n) is 12.6. The van der Waals surface area contributed by atoms with Crippen LogP contribution < -0.4 is 15.2 Å². The van der Waals surface area contributed by atoms with Gasteiger partial charge in [0, 0.05) is 48.9 Å². The average Bonchev–Trinajstić information content (AvgIpc) is 3.36. The zero-order chi connectivity index (χ0) is 26.8. The zero-order valence-electron chi connectivity index (χ0n) is 21.6. The number of halogens is 2. The molecule has 0 N–H and O–H groups in total. The SMILES string of the molecule is CCN(CC1CSc2c(Cc3ccccc3F)c(C)c(-c3cccc(OC)c3F)c(=O)n21)c1ccncc1. The fourth-order valence-electron chi connectivity index (χ4n) is 5.15. The van der Waals surface area contributed by atoms with Crippen molar-refractivity contribution in [3.63, 3.8) is 0 Å². The van der Waals surface area contributed by atoms with Crippen LogP contribution in [-0.4, -0.2) is 35.5 Å². The van der Waals surface area contributed by atoms with E-state index in [2.05, 4.69) is 16.8 Å². The van der Waals surface area contributed by atoms with Gasteiger partial charge >= 0.3 is 0 Å². The third kappa shape index (κ3) is 4.69. The Morgan fingerprint density at radius 3 is 2.58 bits per heavy atom. The summed E-state index contributed by atoms with van der Waals surface area (Å²) in [6.45, 7) is 5.25.